The van der Waals surface area contributed by atoms with Crippen LogP contribution in [0.5, 0.6) is 0 Å². The van der Waals surface area contributed by atoms with E-state index in [4.69, 9.17) is 23.2 Å². The number of rotatable bonds is 5. The monoisotopic (exact) mass is 451 g/mol. The molecule has 0 radical (unpaired) electrons. The van der Waals surface area contributed by atoms with E-state index in [2.05, 4.69) is 22.6 Å². The number of carbonyl (C=O) groups excluding carboxylic acids is 1. The molecule has 31 heavy (non-hydrogen) atoms. The van der Waals surface area contributed by atoms with Crippen LogP contribution in [-0.2, 0) is 4.79 Å². The number of allylic oxidation sites excluding steroid dienone is 1. The van der Waals surface area contributed by atoms with E-state index in [0.717, 1.165) is 11.1 Å². The summed E-state index contributed by atoms with van der Waals surface area (Å²) in [6.07, 6.45) is 7.87. The van der Waals surface area contributed by atoms with Crippen molar-refractivity contribution in [3.63, 3.8) is 0 Å². The highest BCUT2D eigenvalue weighted by Crippen LogP contribution is 2.52. The average Bonchev–Trinajstić information content (AvgIpc) is 2.77. The smallest absolute Gasteiger partial charge is 0.235 e. The molecule has 0 N–H and O–H groups in total. The molecule has 1 saturated heterocycles. The highest BCUT2D eigenvalue weighted by Gasteiger charge is 2.50. The fourth-order valence-electron chi connectivity index (χ4n) is 4.51. The molecule has 158 valence electrons. The van der Waals surface area contributed by atoms with Crippen LogP contribution in [-0.4, -0.2) is 15.9 Å². The van der Waals surface area contributed by atoms with Gasteiger partial charge in [-0.25, -0.2) is 4.98 Å². The predicted octanol–water partition coefficient (Wildman–Crippen LogP) is 6.63. The average molecular weight is 452 g/mol. The van der Waals surface area contributed by atoms with Crippen LogP contribution in [0.1, 0.15) is 42.9 Å². The zero-order chi connectivity index (χ0) is 22.0. The molecule has 1 unspecified atom stereocenters. The Bertz CT molecular complexity index is 1090. The molecule has 1 fully saturated rings. The number of nitrogens with zero attached hydrogens (tertiary/aromatic N) is 3. The third-order valence-corrected chi connectivity index (χ3v) is 6.43. The first-order valence-corrected chi connectivity index (χ1v) is 10.9. The van der Waals surface area contributed by atoms with Gasteiger partial charge < -0.3 is 0 Å². The highest BCUT2D eigenvalue weighted by molar-refractivity contribution is 6.30. The number of benzene rings is 2. The van der Waals surface area contributed by atoms with Gasteiger partial charge in [-0.3, -0.25) is 14.7 Å². The topological polar surface area (TPSA) is 46.1 Å². The largest absolute Gasteiger partial charge is 0.287 e. The maximum Gasteiger partial charge on any atom is 0.235 e. The van der Waals surface area contributed by atoms with E-state index in [1.807, 2.05) is 55.5 Å². The van der Waals surface area contributed by atoms with E-state index in [9.17, 15) is 4.79 Å². The number of piperidine rings is 1. The molecule has 2 aromatic carbocycles. The molecule has 1 aliphatic rings. The van der Waals surface area contributed by atoms with E-state index in [1.165, 1.54) is 0 Å². The van der Waals surface area contributed by atoms with E-state index in [-0.39, 0.29) is 17.9 Å². The first-order chi connectivity index (χ1) is 14.9. The molecule has 0 spiro atoms. The minimum atomic E-state index is -0.630. The molecule has 1 amide bonds. The summed E-state index contributed by atoms with van der Waals surface area (Å²) in [5, 5.41) is 1.31. The van der Waals surface area contributed by atoms with Crippen LogP contribution in [0.25, 0.3) is 0 Å². The van der Waals surface area contributed by atoms with Gasteiger partial charge in [-0.2, -0.15) is 0 Å². The van der Waals surface area contributed by atoms with Crippen LogP contribution in [0.15, 0.2) is 79.8 Å². The SMILES string of the molecule is C=CC[C@@]1(C)C[C@H](c2cccc(Cl)c2)C(c2ccc(Cl)cc2)N(c2cnccn2)C1=O. The lowest BCUT2D eigenvalue weighted by Crippen LogP contribution is -2.52. The molecule has 1 aliphatic heterocycles. The fraction of sp³-hybridized carbons (Fsp3) is 0.240. The highest BCUT2D eigenvalue weighted by atomic mass is 35.5. The Balaban J connectivity index is 1.94. The number of aromatic nitrogens is 2. The molecule has 0 aliphatic carbocycles. The van der Waals surface area contributed by atoms with E-state index >= 15 is 0 Å². The molecule has 0 saturated carbocycles. The zero-order valence-electron chi connectivity index (χ0n) is 17.2. The molecular formula is C25H23Cl2N3O. The van der Waals surface area contributed by atoms with Crippen LogP contribution in [0, 0.1) is 5.41 Å². The number of carbonyl (C=O) groups is 1. The molecule has 2 heterocycles. The Morgan fingerprint density at radius 3 is 2.55 bits per heavy atom. The summed E-state index contributed by atoms with van der Waals surface area (Å²) in [6, 6.07) is 15.2. The van der Waals surface area contributed by atoms with Crippen molar-refractivity contribution in [3.8, 4) is 0 Å². The lowest BCUT2D eigenvalue weighted by Gasteiger charge is -2.48. The number of hydrogen-bond acceptors (Lipinski definition) is 3. The number of anilines is 1. The maximum atomic E-state index is 13.9. The van der Waals surface area contributed by atoms with Gasteiger partial charge in [0.25, 0.3) is 0 Å². The van der Waals surface area contributed by atoms with Gasteiger partial charge in [-0.1, -0.05) is 60.5 Å². The lowest BCUT2D eigenvalue weighted by molar-refractivity contribution is -0.131. The molecule has 6 heteroatoms. The van der Waals surface area contributed by atoms with Gasteiger partial charge in [0.1, 0.15) is 0 Å². The molecule has 0 bridgehead atoms. The van der Waals surface area contributed by atoms with Gasteiger partial charge in [0, 0.05) is 28.4 Å². The van der Waals surface area contributed by atoms with Crippen molar-refractivity contribution in [1.29, 1.82) is 0 Å². The Hall–Kier alpha value is -2.69. The van der Waals surface area contributed by atoms with Gasteiger partial charge in [0.2, 0.25) is 5.91 Å². The summed E-state index contributed by atoms with van der Waals surface area (Å²) in [6.45, 7) is 5.89. The van der Waals surface area contributed by atoms with Crippen molar-refractivity contribution in [2.45, 2.75) is 31.7 Å². The summed E-state index contributed by atoms with van der Waals surface area (Å²) in [5.41, 5.74) is 1.42. The molecule has 1 aromatic heterocycles. The van der Waals surface area contributed by atoms with Crippen LogP contribution in [0.4, 0.5) is 5.82 Å². The van der Waals surface area contributed by atoms with Crippen molar-refractivity contribution in [1.82, 2.24) is 9.97 Å². The second-order valence-electron chi connectivity index (χ2n) is 8.15. The van der Waals surface area contributed by atoms with Crippen molar-refractivity contribution < 1.29 is 4.79 Å². The van der Waals surface area contributed by atoms with E-state index < -0.39 is 5.41 Å². The third kappa shape index (κ3) is 4.23. The number of hydrogen-bond donors (Lipinski definition) is 0. The first kappa shape index (κ1) is 21.5. The Morgan fingerprint density at radius 2 is 1.90 bits per heavy atom. The predicted molar refractivity (Wildman–Crippen MR) is 125 cm³/mol. The van der Waals surface area contributed by atoms with Gasteiger partial charge in [-0.05, 0) is 48.2 Å². The molecular weight excluding hydrogens is 429 g/mol. The van der Waals surface area contributed by atoms with Gasteiger partial charge >= 0.3 is 0 Å². The van der Waals surface area contributed by atoms with Crippen molar-refractivity contribution in [3.05, 3.63) is 101 Å². The van der Waals surface area contributed by atoms with Crippen molar-refractivity contribution in [2.24, 2.45) is 5.41 Å². The molecule has 3 aromatic rings. The van der Waals surface area contributed by atoms with Crippen molar-refractivity contribution in [2.75, 3.05) is 4.90 Å². The summed E-state index contributed by atoms with van der Waals surface area (Å²) in [7, 11) is 0. The maximum absolute atomic E-state index is 13.9. The normalized spacial score (nSPS) is 23.6. The third-order valence-electron chi connectivity index (χ3n) is 5.94. The molecule has 4 rings (SSSR count). The van der Waals surface area contributed by atoms with Crippen molar-refractivity contribution >= 4 is 34.9 Å². The van der Waals surface area contributed by atoms with Gasteiger partial charge in [0.05, 0.1) is 17.7 Å². The first-order valence-electron chi connectivity index (χ1n) is 10.1. The van der Waals surface area contributed by atoms with Gasteiger partial charge in [-0.15, -0.1) is 6.58 Å². The quantitative estimate of drug-likeness (QED) is 0.409. The second kappa shape index (κ2) is 8.81. The van der Waals surface area contributed by atoms with Gasteiger partial charge in [0.15, 0.2) is 5.82 Å². The van der Waals surface area contributed by atoms with Crippen LogP contribution < -0.4 is 4.90 Å². The summed E-state index contributed by atoms with van der Waals surface area (Å²) >= 11 is 12.5. The fourth-order valence-corrected chi connectivity index (χ4v) is 4.84. The summed E-state index contributed by atoms with van der Waals surface area (Å²) in [5.74, 6) is 0.519. The molecule has 4 nitrogen and oxygen atoms in total. The minimum absolute atomic E-state index is 0.00567. The summed E-state index contributed by atoms with van der Waals surface area (Å²) < 4.78 is 0. The Morgan fingerprint density at radius 1 is 1.13 bits per heavy atom. The van der Waals surface area contributed by atoms with Crippen LogP contribution >= 0.6 is 23.2 Å². The number of amides is 1. The second-order valence-corrected chi connectivity index (χ2v) is 9.03. The molecule has 3 atom stereocenters. The Kier molecular flexibility index (Phi) is 6.12. The standard InChI is InChI=1S/C25H23Cl2N3O/c1-3-11-25(2)15-21(18-5-4-6-20(27)14-18)23(17-7-9-19(26)10-8-17)30(24(25)31)22-16-28-12-13-29-22/h3-10,12-14,16,21,23H,1,11,15H2,2H3/t21-,23?,25+/m1/s1. The zero-order valence-corrected chi connectivity index (χ0v) is 18.7. The number of halogens is 2. The Labute approximate surface area is 192 Å². The van der Waals surface area contributed by atoms with E-state index in [1.54, 1.807) is 23.5 Å². The minimum Gasteiger partial charge on any atom is -0.287 e. The van der Waals surface area contributed by atoms with Crippen LogP contribution in [0.2, 0.25) is 10.0 Å². The summed E-state index contributed by atoms with van der Waals surface area (Å²) in [4.78, 5) is 24.4. The van der Waals surface area contributed by atoms with Crippen LogP contribution in [0.3, 0.4) is 0 Å². The lowest BCUT2D eigenvalue weighted by atomic mass is 9.67. The van der Waals surface area contributed by atoms with E-state index in [0.29, 0.717) is 28.7 Å².